The van der Waals surface area contributed by atoms with Crippen LogP contribution in [0, 0.1) is 28.3 Å². The number of likely N-dealkylation sites (tertiary alicyclic amines) is 1. The van der Waals surface area contributed by atoms with Crippen molar-refractivity contribution >= 4 is 50.9 Å². The van der Waals surface area contributed by atoms with Gasteiger partial charge in [-0.2, -0.15) is 9.97 Å². The Labute approximate surface area is 426 Å². The molecule has 15 nitrogen and oxygen atoms in total. The van der Waals surface area contributed by atoms with Gasteiger partial charge >= 0.3 is 6.01 Å². The molecule has 2 atom stereocenters. The summed E-state index contributed by atoms with van der Waals surface area (Å²) < 4.78 is 70.4. The number of aryl methyl sites for hydroxylation is 1. The monoisotopic (exact) mass is 1020 g/mol. The summed E-state index contributed by atoms with van der Waals surface area (Å²) in [6.07, 6.45) is 8.14. The highest BCUT2D eigenvalue weighted by molar-refractivity contribution is 6.04. The number of imide groups is 1. The Bertz CT molecular complexity index is 3040. The van der Waals surface area contributed by atoms with Crippen molar-refractivity contribution in [3.63, 3.8) is 0 Å². The van der Waals surface area contributed by atoms with E-state index in [2.05, 4.69) is 30.4 Å². The SMILES string of the molecule is CCc1c(F)ccc2cc(O)cc(-c3ncc4c(N5CCC[C@@](C)(O)C5)nc(OCC5(CN6CCC7(CC6)CC(F)(CN6CCN(c8ccc(C(=O)N[C@H]9CCC(=O)NC9=O)c(F)c8)CC6)C7)CC5)nc4c3F)c12. The Morgan fingerprint density at radius 3 is 2.35 bits per heavy atom. The number of fused-ring (bicyclic) bond motifs is 2. The molecule has 11 rings (SSSR count). The van der Waals surface area contributed by atoms with E-state index in [0.717, 1.165) is 45.3 Å². The molecule has 0 bridgehead atoms. The van der Waals surface area contributed by atoms with Crippen LogP contribution in [0.3, 0.4) is 0 Å². The summed E-state index contributed by atoms with van der Waals surface area (Å²) >= 11 is 0. The highest BCUT2D eigenvalue weighted by Gasteiger charge is 2.57. The van der Waals surface area contributed by atoms with Crippen LogP contribution in [0.5, 0.6) is 11.8 Å². The van der Waals surface area contributed by atoms with Crippen molar-refractivity contribution < 1.29 is 46.9 Å². The fourth-order valence-electron chi connectivity index (χ4n) is 12.6. The maximum absolute atomic E-state index is 17.1. The number of nitrogens with zero attached hydrogens (tertiary/aromatic N) is 7. The van der Waals surface area contributed by atoms with Gasteiger partial charge in [0.05, 0.1) is 23.2 Å². The number of amides is 3. The van der Waals surface area contributed by atoms with Crippen LogP contribution in [0.4, 0.5) is 29.1 Å². The number of ether oxygens (including phenoxy) is 1. The molecule has 1 spiro atoms. The summed E-state index contributed by atoms with van der Waals surface area (Å²) in [5, 5.41) is 27.9. The number of anilines is 2. The predicted molar refractivity (Wildman–Crippen MR) is 270 cm³/mol. The van der Waals surface area contributed by atoms with Gasteiger partial charge in [0.2, 0.25) is 11.8 Å². The van der Waals surface area contributed by atoms with Crippen LogP contribution >= 0.6 is 0 Å². The molecule has 392 valence electrons. The van der Waals surface area contributed by atoms with E-state index in [0.29, 0.717) is 111 Å². The standard InChI is InChI=1S/C55H63F4N9O6/c1-3-36-40(56)8-5-33-23-35(69)25-38(44(33)36)46-45(58)47-39(26-60-46)48(68-16-4-11-52(2,73)29-68)64-51(63-47)74-32-54(12-13-54)30-65-17-14-53(15-18-65)27-55(59,28-53)31-66-19-21-67(22-20-66)34-6-7-37(41(57)24-34)49(71)61-42-9-10-43(70)62-50(42)72/h5-8,23-26,42,69,73H,3-4,9-22,27-32H2,1-2H3,(H,61,71)(H,62,70,72)/t42-,52+/m0/s1. The normalized spacial score (nSPS) is 23.7. The summed E-state index contributed by atoms with van der Waals surface area (Å²) in [7, 11) is 0. The number of phenolic OH excluding ortho intramolecular Hbond substituents is 1. The minimum Gasteiger partial charge on any atom is -0.508 e. The summed E-state index contributed by atoms with van der Waals surface area (Å²) in [6.45, 7) is 10.00. The van der Waals surface area contributed by atoms with Crippen LogP contribution in [-0.2, 0) is 16.0 Å². The molecule has 2 saturated carbocycles. The molecule has 4 aliphatic heterocycles. The van der Waals surface area contributed by atoms with E-state index in [-0.39, 0.29) is 64.3 Å². The third-order valence-corrected chi connectivity index (χ3v) is 16.7. The van der Waals surface area contributed by atoms with Crippen LogP contribution in [0.2, 0.25) is 0 Å². The number of carbonyl (C=O) groups excluding carboxylic acids is 3. The summed E-state index contributed by atoms with van der Waals surface area (Å²) in [4.78, 5) is 58.9. The molecule has 6 fully saturated rings. The molecule has 5 aromatic rings. The lowest BCUT2D eigenvalue weighted by Gasteiger charge is -2.57. The number of halogens is 4. The number of aliphatic hydroxyl groups is 1. The fraction of sp³-hybridized carbons (Fsp3) is 0.527. The van der Waals surface area contributed by atoms with Crippen LogP contribution < -0.4 is 25.2 Å². The zero-order chi connectivity index (χ0) is 51.7. The Morgan fingerprint density at radius 1 is 0.892 bits per heavy atom. The molecule has 19 heteroatoms. The molecule has 0 radical (unpaired) electrons. The molecule has 6 aliphatic rings. The fourth-order valence-corrected chi connectivity index (χ4v) is 12.6. The van der Waals surface area contributed by atoms with Crippen LogP contribution in [0.15, 0.2) is 48.7 Å². The Kier molecular flexibility index (Phi) is 13.0. The second-order valence-corrected chi connectivity index (χ2v) is 22.5. The maximum atomic E-state index is 17.1. The molecule has 74 heavy (non-hydrogen) atoms. The number of nitrogens with one attached hydrogen (secondary N) is 2. The number of rotatable bonds is 13. The molecular formula is C55H63F4N9O6. The van der Waals surface area contributed by atoms with Crippen molar-refractivity contribution in [2.75, 3.05) is 81.9 Å². The van der Waals surface area contributed by atoms with Crippen LogP contribution in [0.1, 0.15) is 94.0 Å². The highest BCUT2D eigenvalue weighted by Crippen LogP contribution is 2.58. The smallest absolute Gasteiger partial charge is 0.319 e. The number of hydrogen-bond donors (Lipinski definition) is 4. The number of aromatic nitrogens is 3. The first-order chi connectivity index (χ1) is 35.4. The summed E-state index contributed by atoms with van der Waals surface area (Å²) in [6, 6.07) is 9.32. The van der Waals surface area contributed by atoms with E-state index >= 15 is 17.6 Å². The van der Waals surface area contributed by atoms with Crippen molar-refractivity contribution in [2.45, 2.75) is 102 Å². The number of pyridine rings is 1. The average molecular weight is 1020 g/mol. The van der Waals surface area contributed by atoms with Gasteiger partial charge in [0, 0.05) is 81.6 Å². The van der Waals surface area contributed by atoms with Crippen molar-refractivity contribution in [1.82, 2.24) is 35.4 Å². The first-order valence-electron chi connectivity index (χ1n) is 26.1. The Morgan fingerprint density at radius 2 is 1.65 bits per heavy atom. The predicted octanol–water partition coefficient (Wildman–Crippen LogP) is 6.98. The summed E-state index contributed by atoms with van der Waals surface area (Å²) in [5.41, 5.74) is -1.49. The van der Waals surface area contributed by atoms with Gasteiger partial charge in [-0.05, 0) is 142 Å². The second-order valence-electron chi connectivity index (χ2n) is 22.5. The van der Waals surface area contributed by atoms with E-state index in [1.54, 1.807) is 19.1 Å². The zero-order valence-electron chi connectivity index (χ0n) is 41.9. The van der Waals surface area contributed by atoms with Crippen LogP contribution in [-0.4, -0.2) is 142 Å². The lowest BCUT2D eigenvalue weighted by molar-refractivity contribution is -0.134. The molecule has 4 N–H and O–H groups in total. The minimum atomic E-state index is -1.27. The lowest BCUT2D eigenvalue weighted by Crippen LogP contribution is -2.60. The van der Waals surface area contributed by atoms with Gasteiger partial charge in [-0.3, -0.25) is 29.6 Å². The number of carbonyl (C=O) groups is 3. The van der Waals surface area contributed by atoms with E-state index in [4.69, 9.17) is 9.72 Å². The Balaban J connectivity index is 0.702. The van der Waals surface area contributed by atoms with Gasteiger partial charge in [0.25, 0.3) is 5.91 Å². The topological polar surface area (TPSA) is 177 Å². The zero-order valence-corrected chi connectivity index (χ0v) is 41.9. The molecule has 2 aliphatic carbocycles. The third-order valence-electron chi connectivity index (χ3n) is 16.7. The largest absolute Gasteiger partial charge is 0.508 e. The number of piperidine rings is 3. The van der Waals surface area contributed by atoms with E-state index in [1.807, 2.05) is 16.7 Å². The first kappa shape index (κ1) is 50.0. The first-order valence-corrected chi connectivity index (χ1v) is 26.1. The van der Waals surface area contributed by atoms with Gasteiger partial charge in [-0.1, -0.05) is 13.0 Å². The van der Waals surface area contributed by atoms with Gasteiger partial charge in [0.15, 0.2) is 5.82 Å². The molecule has 6 heterocycles. The van der Waals surface area contributed by atoms with Crippen molar-refractivity contribution in [2.24, 2.45) is 10.8 Å². The van der Waals surface area contributed by atoms with E-state index in [1.165, 1.54) is 36.5 Å². The van der Waals surface area contributed by atoms with Gasteiger partial charge < -0.3 is 35.0 Å². The molecular weight excluding hydrogens is 959 g/mol. The molecule has 0 unspecified atom stereocenters. The lowest BCUT2D eigenvalue weighted by atomic mass is 9.55. The Hall–Kier alpha value is -6.18. The quantitative estimate of drug-likeness (QED) is 0.0703. The van der Waals surface area contributed by atoms with Crippen molar-refractivity contribution in [3.8, 4) is 23.0 Å². The average Bonchev–Trinajstić information content (AvgIpc) is 4.14. The van der Waals surface area contributed by atoms with E-state index in [9.17, 15) is 24.6 Å². The van der Waals surface area contributed by atoms with Gasteiger partial charge in [0.1, 0.15) is 46.1 Å². The van der Waals surface area contributed by atoms with Crippen molar-refractivity contribution in [1.29, 1.82) is 0 Å². The van der Waals surface area contributed by atoms with Crippen molar-refractivity contribution in [3.05, 3.63) is 77.2 Å². The van der Waals surface area contributed by atoms with Gasteiger partial charge in [-0.25, -0.2) is 17.6 Å². The molecule has 3 amide bonds. The number of hydrogen-bond acceptors (Lipinski definition) is 13. The maximum Gasteiger partial charge on any atom is 0.319 e. The number of piperazine rings is 1. The molecule has 4 saturated heterocycles. The number of benzene rings is 3. The molecule has 2 aromatic heterocycles. The summed E-state index contributed by atoms with van der Waals surface area (Å²) in [5.74, 6) is -3.34. The number of β-amino-alcohol motifs (C(OH)–C–C–N with tert-alkyl or cyclic N) is 1. The van der Waals surface area contributed by atoms with Gasteiger partial charge in [-0.15, -0.1) is 0 Å². The van der Waals surface area contributed by atoms with E-state index < -0.39 is 52.5 Å². The van der Waals surface area contributed by atoms with Crippen LogP contribution in [0.25, 0.3) is 32.9 Å². The number of alkyl halides is 1. The highest BCUT2D eigenvalue weighted by atomic mass is 19.1. The number of phenols is 1. The number of aromatic hydroxyl groups is 1. The second kappa shape index (κ2) is 19.2. The minimum absolute atomic E-state index is 0.00712. The third kappa shape index (κ3) is 9.94. The molecule has 3 aromatic carbocycles.